The molecular weight excluding hydrogens is 282 g/mol. The van der Waals surface area contributed by atoms with Crippen LogP contribution in [-0.2, 0) is 0 Å². The van der Waals surface area contributed by atoms with Gasteiger partial charge in [0.15, 0.2) is 0 Å². The first kappa shape index (κ1) is 17.7. The molecule has 0 saturated carbocycles. The highest BCUT2D eigenvalue weighted by Crippen LogP contribution is 2.41. The average molecular weight is 322 g/mol. The Balaban J connectivity index is 1.40. The fourth-order valence-corrected chi connectivity index (χ4v) is 5.10. The van der Waals surface area contributed by atoms with E-state index in [1.165, 1.54) is 71.0 Å². The first-order valence-corrected chi connectivity index (χ1v) is 10.2. The Morgan fingerprint density at radius 3 is 2.61 bits per heavy atom. The van der Waals surface area contributed by atoms with Crippen LogP contribution in [0, 0.1) is 17.3 Å². The van der Waals surface area contributed by atoms with Gasteiger partial charge in [0.05, 0.1) is 6.17 Å². The molecular formula is C20H39N3. The van der Waals surface area contributed by atoms with Crippen LogP contribution < -0.4 is 5.32 Å². The third kappa shape index (κ3) is 4.70. The molecule has 3 aliphatic heterocycles. The van der Waals surface area contributed by atoms with E-state index >= 15 is 0 Å². The molecule has 3 fully saturated rings. The lowest BCUT2D eigenvalue weighted by Gasteiger charge is -2.28. The summed E-state index contributed by atoms with van der Waals surface area (Å²) < 4.78 is 0. The fraction of sp³-hybridized carbons (Fsp3) is 1.00. The van der Waals surface area contributed by atoms with Crippen LogP contribution in [0.25, 0.3) is 0 Å². The first-order valence-electron chi connectivity index (χ1n) is 10.2. The Morgan fingerprint density at radius 1 is 1.13 bits per heavy atom. The van der Waals surface area contributed by atoms with Crippen LogP contribution in [0.15, 0.2) is 0 Å². The number of rotatable bonds is 8. The molecule has 3 rings (SSSR count). The maximum Gasteiger partial charge on any atom is 0.0735 e. The molecule has 3 saturated heterocycles. The molecule has 0 bridgehead atoms. The van der Waals surface area contributed by atoms with Gasteiger partial charge in [-0.3, -0.25) is 0 Å². The van der Waals surface area contributed by atoms with Crippen molar-refractivity contribution in [2.24, 2.45) is 17.3 Å². The summed E-state index contributed by atoms with van der Waals surface area (Å²) in [6.07, 6.45) is 11.9. The summed E-state index contributed by atoms with van der Waals surface area (Å²) in [5, 5.41) is 8.99. The van der Waals surface area contributed by atoms with Crippen LogP contribution >= 0.6 is 0 Å². The zero-order valence-electron chi connectivity index (χ0n) is 16.0. The minimum atomic E-state index is 0.491. The SMILES string of the molecule is CCCC(CCCC1CN(C2CCCN2)N2CC12)CC(C)(C)C. The summed E-state index contributed by atoms with van der Waals surface area (Å²) in [5.74, 6) is 1.89. The fourth-order valence-electron chi connectivity index (χ4n) is 5.10. The standard InChI is InChI=1S/C20H39N3/c1-5-8-16(13-20(2,3)4)9-6-10-17-14-23(22-15-18(17)22)19-11-7-12-21-19/h16-19,21H,5-15H2,1-4H3. The first-order chi connectivity index (χ1) is 11.0. The summed E-state index contributed by atoms with van der Waals surface area (Å²) in [4.78, 5) is 0. The van der Waals surface area contributed by atoms with Crippen LogP contribution in [-0.4, -0.2) is 41.9 Å². The largest absolute Gasteiger partial charge is 0.301 e. The van der Waals surface area contributed by atoms with Crippen LogP contribution in [0.3, 0.4) is 0 Å². The van der Waals surface area contributed by atoms with Gasteiger partial charge in [0.1, 0.15) is 0 Å². The molecule has 0 spiro atoms. The second-order valence-corrected chi connectivity index (χ2v) is 9.53. The van der Waals surface area contributed by atoms with Gasteiger partial charge in [0.2, 0.25) is 0 Å². The molecule has 3 aliphatic rings. The molecule has 3 heterocycles. The smallest absolute Gasteiger partial charge is 0.0735 e. The molecule has 0 aromatic heterocycles. The van der Waals surface area contributed by atoms with E-state index in [1.807, 2.05) is 0 Å². The van der Waals surface area contributed by atoms with Crippen molar-refractivity contribution in [3.63, 3.8) is 0 Å². The molecule has 1 N–H and O–H groups in total. The monoisotopic (exact) mass is 321 g/mol. The molecule has 3 heteroatoms. The van der Waals surface area contributed by atoms with Gasteiger partial charge < -0.3 is 5.32 Å². The van der Waals surface area contributed by atoms with Crippen LogP contribution in [0.4, 0.5) is 0 Å². The number of hydrogen-bond acceptors (Lipinski definition) is 3. The van der Waals surface area contributed by atoms with Crippen molar-refractivity contribution < 1.29 is 0 Å². The molecule has 5 unspecified atom stereocenters. The zero-order chi connectivity index (χ0) is 16.4. The predicted octanol–water partition coefficient (Wildman–Crippen LogP) is 4.25. The van der Waals surface area contributed by atoms with Gasteiger partial charge in [0, 0.05) is 19.1 Å². The van der Waals surface area contributed by atoms with E-state index in [0.717, 1.165) is 17.9 Å². The average Bonchev–Trinajstić information content (AvgIpc) is 2.92. The Kier molecular flexibility index (Phi) is 5.70. The maximum atomic E-state index is 3.68. The van der Waals surface area contributed by atoms with E-state index < -0.39 is 0 Å². The molecule has 134 valence electrons. The van der Waals surface area contributed by atoms with Crippen molar-refractivity contribution in [3.05, 3.63) is 0 Å². The van der Waals surface area contributed by atoms with Crippen molar-refractivity contribution >= 4 is 0 Å². The molecule has 0 amide bonds. The summed E-state index contributed by atoms with van der Waals surface area (Å²) in [5.41, 5.74) is 0.491. The highest BCUT2D eigenvalue weighted by atomic mass is 15.8. The maximum absolute atomic E-state index is 3.68. The van der Waals surface area contributed by atoms with Crippen molar-refractivity contribution in [2.45, 2.75) is 91.3 Å². The minimum Gasteiger partial charge on any atom is -0.301 e. The second kappa shape index (κ2) is 7.41. The lowest BCUT2D eigenvalue weighted by Crippen LogP contribution is -2.44. The van der Waals surface area contributed by atoms with E-state index in [9.17, 15) is 0 Å². The lowest BCUT2D eigenvalue weighted by atomic mass is 9.80. The second-order valence-electron chi connectivity index (χ2n) is 9.53. The highest BCUT2D eigenvalue weighted by molar-refractivity contribution is 5.01. The van der Waals surface area contributed by atoms with Crippen molar-refractivity contribution in [1.29, 1.82) is 0 Å². The summed E-state index contributed by atoms with van der Waals surface area (Å²) >= 11 is 0. The quantitative estimate of drug-likeness (QED) is 0.674. The van der Waals surface area contributed by atoms with Gasteiger partial charge in [-0.25, -0.2) is 10.0 Å². The number of nitrogens with zero attached hydrogens (tertiary/aromatic N) is 2. The summed E-state index contributed by atoms with van der Waals surface area (Å²) in [6, 6.07) is 0.893. The van der Waals surface area contributed by atoms with Gasteiger partial charge in [0.25, 0.3) is 0 Å². The van der Waals surface area contributed by atoms with E-state index in [2.05, 4.69) is 43.0 Å². The van der Waals surface area contributed by atoms with Gasteiger partial charge >= 0.3 is 0 Å². The number of nitrogens with one attached hydrogen (secondary N) is 1. The minimum absolute atomic E-state index is 0.491. The Morgan fingerprint density at radius 2 is 1.96 bits per heavy atom. The lowest BCUT2D eigenvalue weighted by molar-refractivity contribution is 0.0505. The molecule has 0 aromatic carbocycles. The van der Waals surface area contributed by atoms with Gasteiger partial charge in [-0.2, -0.15) is 0 Å². The molecule has 0 radical (unpaired) electrons. The summed E-state index contributed by atoms with van der Waals surface area (Å²) in [6.45, 7) is 13.4. The number of fused-ring (bicyclic) bond motifs is 1. The summed E-state index contributed by atoms with van der Waals surface area (Å²) in [7, 11) is 0. The van der Waals surface area contributed by atoms with Crippen molar-refractivity contribution in [2.75, 3.05) is 19.6 Å². The van der Waals surface area contributed by atoms with Gasteiger partial charge in [-0.05, 0) is 49.5 Å². The molecule has 3 nitrogen and oxygen atoms in total. The van der Waals surface area contributed by atoms with E-state index in [-0.39, 0.29) is 0 Å². The molecule has 0 aromatic rings. The van der Waals surface area contributed by atoms with Crippen LogP contribution in [0.5, 0.6) is 0 Å². The third-order valence-corrected chi connectivity index (χ3v) is 6.10. The van der Waals surface area contributed by atoms with Crippen molar-refractivity contribution in [1.82, 2.24) is 15.3 Å². The van der Waals surface area contributed by atoms with E-state index in [0.29, 0.717) is 11.6 Å². The molecule has 23 heavy (non-hydrogen) atoms. The van der Waals surface area contributed by atoms with E-state index in [4.69, 9.17) is 0 Å². The normalized spacial score (nSPS) is 35.5. The third-order valence-electron chi connectivity index (χ3n) is 6.10. The Hall–Kier alpha value is -0.120. The molecule has 5 atom stereocenters. The van der Waals surface area contributed by atoms with Gasteiger partial charge in [-0.1, -0.05) is 53.4 Å². The van der Waals surface area contributed by atoms with Crippen LogP contribution in [0.1, 0.15) is 79.1 Å². The van der Waals surface area contributed by atoms with Crippen molar-refractivity contribution in [3.8, 4) is 0 Å². The zero-order valence-corrected chi connectivity index (χ0v) is 16.0. The Labute approximate surface area is 144 Å². The predicted molar refractivity (Wildman–Crippen MR) is 98.0 cm³/mol. The number of hydrogen-bond donors (Lipinski definition) is 1. The van der Waals surface area contributed by atoms with Gasteiger partial charge in [-0.15, -0.1) is 0 Å². The highest BCUT2D eigenvalue weighted by Gasteiger charge is 2.52. The van der Waals surface area contributed by atoms with Crippen LogP contribution in [0.2, 0.25) is 0 Å². The topological polar surface area (TPSA) is 18.3 Å². The Bertz CT molecular complexity index is 370. The van der Waals surface area contributed by atoms with E-state index in [1.54, 1.807) is 0 Å². The molecule has 0 aliphatic carbocycles. The number of hydrazine groups is 1.